The topological polar surface area (TPSA) is 42.0 Å². The van der Waals surface area contributed by atoms with Gasteiger partial charge in [-0.15, -0.1) is 17.8 Å². The Hall–Kier alpha value is -2.64. The molecule has 1 aromatic heterocycles. The summed E-state index contributed by atoms with van der Waals surface area (Å²) in [5.41, 5.74) is 2.87. The van der Waals surface area contributed by atoms with Gasteiger partial charge < -0.3 is 5.32 Å². The molecule has 1 atom stereocenters. The first-order valence-electron chi connectivity index (χ1n) is 6.91. The van der Waals surface area contributed by atoms with Gasteiger partial charge in [-0.2, -0.15) is 0 Å². The predicted octanol–water partition coefficient (Wildman–Crippen LogP) is 3.31. The van der Waals surface area contributed by atoms with E-state index in [9.17, 15) is 4.79 Å². The molecule has 1 N–H and O–H groups in total. The number of nitrogens with zero attached hydrogens (tertiary/aromatic N) is 1. The number of fused-ring (bicyclic) bond motifs is 1. The van der Waals surface area contributed by atoms with Crippen LogP contribution in [0.2, 0.25) is 0 Å². The molecule has 0 bridgehead atoms. The highest BCUT2D eigenvalue weighted by atomic mass is 32.1. The summed E-state index contributed by atoms with van der Waals surface area (Å²) in [6, 6.07) is 15.6. The molecular formula is C18H14N2OS. The van der Waals surface area contributed by atoms with Crippen molar-refractivity contribution in [1.82, 2.24) is 10.3 Å². The fourth-order valence-electron chi connectivity index (χ4n) is 2.36. The average Bonchev–Trinajstić information content (AvgIpc) is 2.98. The van der Waals surface area contributed by atoms with Crippen LogP contribution in [0.3, 0.4) is 0 Å². The van der Waals surface area contributed by atoms with E-state index in [0.717, 1.165) is 32.8 Å². The zero-order valence-corrected chi connectivity index (χ0v) is 12.6. The lowest BCUT2D eigenvalue weighted by Crippen LogP contribution is -2.21. The molecule has 0 fully saturated rings. The first-order valence-corrected chi connectivity index (χ1v) is 7.72. The second kappa shape index (κ2) is 6.42. The zero-order chi connectivity index (χ0) is 15.4. The maximum Gasteiger partial charge on any atom is 0.207 e. The fourth-order valence-corrected chi connectivity index (χ4v) is 3.39. The van der Waals surface area contributed by atoms with E-state index in [2.05, 4.69) is 16.2 Å². The van der Waals surface area contributed by atoms with E-state index >= 15 is 0 Å². The van der Waals surface area contributed by atoms with Crippen molar-refractivity contribution in [1.29, 1.82) is 0 Å². The summed E-state index contributed by atoms with van der Waals surface area (Å²) in [5, 5.41) is 3.76. The minimum atomic E-state index is -0.150. The molecule has 22 heavy (non-hydrogen) atoms. The summed E-state index contributed by atoms with van der Waals surface area (Å²) in [6.45, 7) is 0. The zero-order valence-electron chi connectivity index (χ0n) is 11.8. The first kappa shape index (κ1) is 14.3. The normalized spacial score (nSPS) is 11.8. The summed E-state index contributed by atoms with van der Waals surface area (Å²) in [7, 11) is 0. The quantitative estimate of drug-likeness (QED) is 0.580. The van der Waals surface area contributed by atoms with Crippen LogP contribution >= 0.6 is 11.3 Å². The van der Waals surface area contributed by atoms with E-state index in [-0.39, 0.29) is 6.04 Å². The maximum absolute atomic E-state index is 11.0. The number of para-hydroxylation sites is 1. The number of hydrogen-bond donors (Lipinski definition) is 1. The summed E-state index contributed by atoms with van der Waals surface area (Å²) >= 11 is 1.60. The van der Waals surface area contributed by atoms with Crippen molar-refractivity contribution in [3.63, 3.8) is 0 Å². The lowest BCUT2D eigenvalue weighted by Gasteiger charge is -2.13. The Morgan fingerprint density at radius 1 is 1.27 bits per heavy atom. The molecule has 3 nitrogen and oxygen atoms in total. The van der Waals surface area contributed by atoms with Crippen LogP contribution in [-0.4, -0.2) is 11.4 Å². The molecule has 3 rings (SSSR count). The van der Waals surface area contributed by atoms with E-state index in [4.69, 9.17) is 6.42 Å². The number of hydrogen-bond acceptors (Lipinski definition) is 3. The van der Waals surface area contributed by atoms with Crippen molar-refractivity contribution >= 4 is 28.0 Å². The third-order valence-corrected chi connectivity index (χ3v) is 4.56. The Morgan fingerprint density at radius 3 is 2.91 bits per heavy atom. The molecule has 0 aliphatic heterocycles. The minimum absolute atomic E-state index is 0.150. The molecule has 1 unspecified atom stereocenters. The number of amides is 1. The van der Waals surface area contributed by atoms with Gasteiger partial charge in [0.25, 0.3) is 0 Å². The predicted molar refractivity (Wildman–Crippen MR) is 89.6 cm³/mol. The van der Waals surface area contributed by atoms with Crippen LogP contribution in [-0.2, 0) is 11.2 Å². The van der Waals surface area contributed by atoms with E-state index in [1.165, 1.54) is 0 Å². The smallest absolute Gasteiger partial charge is 0.207 e. The Morgan fingerprint density at radius 2 is 2.14 bits per heavy atom. The molecule has 0 aliphatic rings. The van der Waals surface area contributed by atoms with Gasteiger partial charge >= 0.3 is 0 Å². The van der Waals surface area contributed by atoms with Gasteiger partial charge in [0.05, 0.1) is 16.3 Å². The number of carbonyl (C=O) groups excluding carboxylic acids is 1. The van der Waals surface area contributed by atoms with Crippen LogP contribution < -0.4 is 5.32 Å². The summed E-state index contributed by atoms with van der Waals surface area (Å²) < 4.78 is 1.12. The third kappa shape index (κ3) is 3.00. The van der Waals surface area contributed by atoms with E-state index in [1.807, 2.05) is 48.5 Å². The van der Waals surface area contributed by atoms with E-state index < -0.39 is 0 Å². The molecule has 0 saturated carbocycles. The molecule has 0 saturated heterocycles. The lowest BCUT2D eigenvalue weighted by atomic mass is 10.0. The lowest BCUT2D eigenvalue weighted by molar-refractivity contribution is -0.110. The number of nitrogens with one attached hydrogen (secondary N) is 1. The van der Waals surface area contributed by atoms with Crippen LogP contribution in [0.1, 0.15) is 22.2 Å². The molecule has 0 aliphatic carbocycles. The number of carbonyl (C=O) groups is 1. The maximum atomic E-state index is 11.0. The molecule has 0 spiro atoms. The van der Waals surface area contributed by atoms with Gasteiger partial charge in [0.2, 0.25) is 6.41 Å². The molecular weight excluding hydrogens is 292 g/mol. The number of benzene rings is 2. The highest BCUT2D eigenvalue weighted by molar-refractivity contribution is 7.18. The monoisotopic (exact) mass is 306 g/mol. The Bertz CT molecular complexity index is 814. The highest BCUT2D eigenvalue weighted by Gasteiger charge is 2.16. The molecule has 1 amide bonds. The second-order valence-electron chi connectivity index (χ2n) is 4.91. The summed E-state index contributed by atoms with van der Waals surface area (Å²) in [6.07, 6.45) is 6.82. The van der Waals surface area contributed by atoms with Crippen LogP contribution in [0.25, 0.3) is 10.2 Å². The molecule has 0 radical (unpaired) electrons. The molecule has 108 valence electrons. The van der Waals surface area contributed by atoms with Gasteiger partial charge in [-0.05, 0) is 36.2 Å². The molecule has 3 aromatic rings. The van der Waals surface area contributed by atoms with Crippen molar-refractivity contribution in [2.24, 2.45) is 0 Å². The van der Waals surface area contributed by atoms with Gasteiger partial charge in [0, 0.05) is 5.56 Å². The van der Waals surface area contributed by atoms with Crippen molar-refractivity contribution in [3.8, 4) is 12.3 Å². The highest BCUT2D eigenvalue weighted by Crippen LogP contribution is 2.28. The number of aromatic nitrogens is 1. The SMILES string of the molecule is C#Cc1cccc(CC(NC=O)c2nc3ccccc3s2)c1. The number of terminal acetylenes is 1. The van der Waals surface area contributed by atoms with Crippen LogP contribution in [0.4, 0.5) is 0 Å². The summed E-state index contributed by atoms with van der Waals surface area (Å²) in [4.78, 5) is 15.6. The van der Waals surface area contributed by atoms with Crippen LogP contribution in [0, 0.1) is 12.3 Å². The van der Waals surface area contributed by atoms with E-state index in [0.29, 0.717) is 6.42 Å². The standard InChI is InChI=1S/C18H14N2OS/c1-2-13-6-5-7-14(10-13)11-16(19-12-21)18-20-15-8-3-4-9-17(15)22-18/h1,3-10,12,16H,11H2,(H,19,21). The largest absolute Gasteiger partial charge is 0.349 e. The van der Waals surface area contributed by atoms with Gasteiger partial charge in [0.1, 0.15) is 5.01 Å². The van der Waals surface area contributed by atoms with Gasteiger partial charge in [-0.3, -0.25) is 4.79 Å². The van der Waals surface area contributed by atoms with Crippen molar-refractivity contribution < 1.29 is 4.79 Å². The fraction of sp³-hybridized carbons (Fsp3) is 0.111. The third-order valence-electron chi connectivity index (χ3n) is 3.41. The second-order valence-corrected chi connectivity index (χ2v) is 5.97. The van der Waals surface area contributed by atoms with Crippen molar-refractivity contribution in [3.05, 3.63) is 64.7 Å². The Balaban J connectivity index is 1.91. The van der Waals surface area contributed by atoms with Gasteiger partial charge in [0.15, 0.2) is 0 Å². The Labute approximate surface area is 133 Å². The number of rotatable bonds is 5. The van der Waals surface area contributed by atoms with Crippen molar-refractivity contribution in [2.75, 3.05) is 0 Å². The van der Waals surface area contributed by atoms with Gasteiger partial charge in [-0.1, -0.05) is 30.2 Å². The molecule has 2 aromatic carbocycles. The minimum Gasteiger partial charge on any atom is -0.349 e. The average molecular weight is 306 g/mol. The van der Waals surface area contributed by atoms with Crippen molar-refractivity contribution in [2.45, 2.75) is 12.5 Å². The Kier molecular flexibility index (Phi) is 4.17. The van der Waals surface area contributed by atoms with Crippen LogP contribution in [0.15, 0.2) is 48.5 Å². The van der Waals surface area contributed by atoms with E-state index in [1.54, 1.807) is 11.3 Å². The van der Waals surface area contributed by atoms with Crippen LogP contribution in [0.5, 0.6) is 0 Å². The summed E-state index contributed by atoms with van der Waals surface area (Å²) in [5.74, 6) is 2.63. The number of thiazole rings is 1. The molecule has 1 heterocycles. The van der Waals surface area contributed by atoms with Gasteiger partial charge in [-0.25, -0.2) is 4.98 Å². The first-order chi connectivity index (χ1) is 10.8. The molecule has 4 heteroatoms.